The molecule has 0 bridgehead atoms. The van der Waals surface area contributed by atoms with Gasteiger partial charge in [-0.1, -0.05) is 85.3 Å². The van der Waals surface area contributed by atoms with Crippen LogP contribution in [0.4, 0.5) is 0 Å². The van der Waals surface area contributed by atoms with Gasteiger partial charge >= 0.3 is 41.9 Å². The Bertz CT molecular complexity index is 1050. The third-order valence-electron chi connectivity index (χ3n) is 3.90. The van der Waals surface area contributed by atoms with Crippen LogP contribution in [-0.4, -0.2) is 28.1 Å². The number of aryl methyl sites for hydroxylation is 1. The number of nitrogens with zero attached hydrogens (tertiary/aromatic N) is 2. The molecule has 0 aliphatic heterocycles. The topological polar surface area (TPSA) is 150 Å². The van der Waals surface area contributed by atoms with Crippen LogP contribution in [0.3, 0.4) is 0 Å². The molecule has 1 N–H and O–H groups in total. The fourth-order valence-electron chi connectivity index (χ4n) is 2.53. The quantitative estimate of drug-likeness (QED) is 0.378. The monoisotopic (exact) mass is 490 g/mol. The molecule has 0 fully saturated rings. The maximum atomic E-state index is 8.12. The molecule has 0 saturated heterocycles. The minimum atomic E-state index is 0. The zero-order valence-electron chi connectivity index (χ0n) is 18.9. The van der Waals surface area contributed by atoms with Crippen LogP contribution in [0, 0.1) is 0 Å². The van der Waals surface area contributed by atoms with Crippen LogP contribution in [0.5, 0.6) is 0 Å². The molecule has 35 heavy (non-hydrogen) atoms. The van der Waals surface area contributed by atoms with Crippen LogP contribution in [0.1, 0.15) is 42.7 Å². The number of hydrogen-bond donors (Lipinski definition) is 0. The molecular formula is C25H27N2NaO7. The second-order valence-electron chi connectivity index (χ2n) is 6.11. The van der Waals surface area contributed by atoms with Crippen LogP contribution >= 0.6 is 0 Å². The molecule has 0 aliphatic rings. The summed E-state index contributed by atoms with van der Waals surface area (Å²) in [5.74, 6) is 1.84. The van der Waals surface area contributed by atoms with Crippen molar-refractivity contribution in [2.75, 3.05) is 0 Å². The molecule has 0 saturated carbocycles. The first-order valence-electron chi connectivity index (χ1n) is 9.57. The van der Waals surface area contributed by atoms with Gasteiger partial charge in [0.2, 0.25) is 0 Å². The molecule has 2 heterocycles. The summed E-state index contributed by atoms with van der Waals surface area (Å²) in [4.78, 5) is 32.5. The van der Waals surface area contributed by atoms with Gasteiger partial charge in [-0.2, -0.15) is 19.2 Å². The van der Waals surface area contributed by atoms with E-state index in [9.17, 15) is 0 Å². The normalized spacial score (nSPS) is 8.03. The average molecular weight is 490 g/mol. The summed E-state index contributed by atoms with van der Waals surface area (Å²) in [5.41, 5.74) is 3.52. The number of carbonyl (C=O) groups excluding carboxylic acids is 4. The molecule has 4 aromatic rings. The van der Waals surface area contributed by atoms with E-state index in [0.717, 1.165) is 36.5 Å². The van der Waals surface area contributed by atoms with Crippen molar-refractivity contribution in [2.24, 2.45) is 0 Å². The molecule has 0 spiro atoms. The SMILES string of the molecule is C.CCc1cc(Cc2ccccc2)on1.O=C=O.O=C=O.[Na+].[OH-].c1ccc(Cc2ccno2)cc1. The maximum Gasteiger partial charge on any atom is 1.00 e. The molecule has 4 rings (SSSR count). The molecule has 10 heteroatoms. The molecule has 0 amide bonds. The molecule has 0 radical (unpaired) electrons. The Hall–Kier alpha value is -3.42. The second kappa shape index (κ2) is 23.7. The zero-order chi connectivity index (χ0) is 23.4. The summed E-state index contributed by atoms with van der Waals surface area (Å²) in [6.45, 7) is 2.07. The van der Waals surface area contributed by atoms with E-state index in [4.69, 9.17) is 28.2 Å². The van der Waals surface area contributed by atoms with Crippen molar-refractivity contribution in [1.29, 1.82) is 0 Å². The van der Waals surface area contributed by atoms with Gasteiger partial charge in [0.1, 0.15) is 11.5 Å². The summed E-state index contributed by atoms with van der Waals surface area (Å²) >= 11 is 0. The number of aromatic nitrogens is 2. The van der Waals surface area contributed by atoms with Crippen molar-refractivity contribution in [3.05, 3.63) is 107 Å². The van der Waals surface area contributed by atoms with E-state index in [1.54, 1.807) is 6.20 Å². The van der Waals surface area contributed by atoms with Gasteiger partial charge < -0.3 is 14.5 Å². The molecule has 2 aromatic carbocycles. The maximum absolute atomic E-state index is 8.12. The Morgan fingerprint density at radius 2 is 1.20 bits per heavy atom. The van der Waals surface area contributed by atoms with E-state index < -0.39 is 0 Å². The van der Waals surface area contributed by atoms with E-state index in [-0.39, 0.29) is 54.8 Å². The Morgan fingerprint density at radius 3 is 1.57 bits per heavy atom. The van der Waals surface area contributed by atoms with Gasteiger partial charge in [-0.05, 0) is 17.5 Å². The zero-order valence-corrected chi connectivity index (χ0v) is 20.9. The van der Waals surface area contributed by atoms with Crippen molar-refractivity contribution >= 4 is 12.3 Å². The number of hydrogen-bond acceptors (Lipinski definition) is 9. The van der Waals surface area contributed by atoms with Crippen LogP contribution in [0.25, 0.3) is 0 Å². The molecule has 0 atom stereocenters. The third kappa shape index (κ3) is 16.8. The van der Waals surface area contributed by atoms with Crippen molar-refractivity contribution in [2.45, 2.75) is 33.6 Å². The fraction of sp³-hybridized carbons (Fsp3) is 0.200. The summed E-state index contributed by atoms with van der Waals surface area (Å²) in [5, 5.41) is 7.60. The van der Waals surface area contributed by atoms with Gasteiger partial charge in [0.05, 0.1) is 11.9 Å². The minimum Gasteiger partial charge on any atom is -0.870 e. The number of rotatable bonds is 5. The van der Waals surface area contributed by atoms with Gasteiger partial charge in [-0.25, -0.2) is 0 Å². The summed E-state index contributed by atoms with van der Waals surface area (Å²) in [7, 11) is 0. The first-order chi connectivity index (χ1) is 15.7. The first kappa shape index (κ1) is 36.2. The van der Waals surface area contributed by atoms with Gasteiger partial charge in [0, 0.05) is 25.0 Å². The standard InChI is InChI=1S/C12H13NO.C10H9NO.2CO2.CH4.Na.H2O/c1-2-11-9-12(14-13-11)8-10-6-4-3-5-7-10;1-2-4-9(5-3-1)8-10-6-7-11-12-10;2*2-1-3;;;/h3-7,9H,2,8H2,1H3;1-7H,8H2;;;1H4;;1H2/q;;;;;+1;/p-1. The predicted molar refractivity (Wildman–Crippen MR) is 120 cm³/mol. The van der Waals surface area contributed by atoms with Crippen molar-refractivity contribution in [3.8, 4) is 0 Å². The van der Waals surface area contributed by atoms with Gasteiger partial charge in [0.25, 0.3) is 0 Å². The van der Waals surface area contributed by atoms with E-state index >= 15 is 0 Å². The van der Waals surface area contributed by atoms with Gasteiger partial charge in [-0.15, -0.1) is 0 Å². The van der Waals surface area contributed by atoms with E-state index in [1.165, 1.54) is 11.1 Å². The molecule has 0 aliphatic carbocycles. The molecule has 180 valence electrons. The minimum absolute atomic E-state index is 0. The predicted octanol–water partition coefficient (Wildman–Crippen LogP) is 1.39. The molecule has 0 unspecified atom stereocenters. The summed E-state index contributed by atoms with van der Waals surface area (Å²) in [6.07, 6.45) is 4.74. The largest absolute Gasteiger partial charge is 1.00 e. The van der Waals surface area contributed by atoms with Crippen LogP contribution in [-0.2, 0) is 38.4 Å². The van der Waals surface area contributed by atoms with E-state index in [2.05, 4.69) is 41.5 Å². The van der Waals surface area contributed by atoms with Gasteiger partial charge in [0.15, 0.2) is 0 Å². The second-order valence-corrected chi connectivity index (χ2v) is 6.11. The molecular weight excluding hydrogens is 463 g/mol. The van der Waals surface area contributed by atoms with E-state index in [1.807, 2.05) is 48.5 Å². The fourth-order valence-corrected chi connectivity index (χ4v) is 2.53. The first-order valence-corrected chi connectivity index (χ1v) is 9.57. The van der Waals surface area contributed by atoms with E-state index in [0.29, 0.717) is 0 Å². The van der Waals surface area contributed by atoms with Crippen LogP contribution in [0.2, 0.25) is 0 Å². The van der Waals surface area contributed by atoms with Crippen molar-refractivity contribution in [1.82, 2.24) is 10.3 Å². The average Bonchev–Trinajstić information content (AvgIpc) is 3.49. The summed E-state index contributed by atoms with van der Waals surface area (Å²) < 4.78 is 10.2. The Kier molecular flexibility index (Phi) is 24.5. The Labute approximate surface area is 226 Å². The molecule has 2 aromatic heterocycles. The third-order valence-corrected chi connectivity index (χ3v) is 3.90. The Balaban J connectivity index is -0.000000449. The van der Waals surface area contributed by atoms with Crippen LogP contribution in [0.15, 0.2) is 88.0 Å². The van der Waals surface area contributed by atoms with Crippen LogP contribution < -0.4 is 29.6 Å². The summed E-state index contributed by atoms with van der Waals surface area (Å²) in [6, 6.07) is 24.4. The molecule has 9 nitrogen and oxygen atoms in total. The Morgan fingerprint density at radius 1 is 0.743 bits per heavy atom. The van der Waals surface area contributed by atoms with Crippen molar-refractivity contribution < 1.29 is 63.3 Å². The van der Waals surface area contributed by atoms with Crippen molar-refractivity contribution in [3.63, 3.8) is 0 Å². The smallest absolute Gasteiger partial charge is 0.870 e. The number of benzene rings is 2. The van der Waals surface area contributed by atoms with Gasteiger partial charge in [-0.3, -0.25) is 0 Å².